The maximum absolute atomic E-state index is 10.1. The summed E-state index contributed by atoms with van der Waals surface area (Å²) in [6, 6.07) is 8.21. The van der Waals surface area contributed by atoms with Crippen LogP contribution in [0, 0.1) is 11.8 Å². The molecule has 17 heavy (non-hydrogen) atoms. The summed E-state index contributed by atoms with van der Waals surface area (Å²) in [6.07, 6.45) is 1.13. The molecule has 1 fully saturated rings. The molecule has 0 saturated carbocycles. The number of aldehydes is 1. The second-order valence-corrected chi connectivity index (χ2v) is 3.96. The van der Waals surface area contributed by atoms with Gasteiger partial charge in [0.2, 0.25) is 0 Å². The van der Waals surface area contributed by atoms with Crippen molar-refractivity contribution in [3.63, 3.8) is 0 Å². The van der Waals surface area contributed by atoms with E-state index in [-0.39, 0.29) is 0 Å². The van der Waals surface area contributed by atoms with E-state index in [2.05, 4.69) is 34.2 Å². The average Bonchev–Trinajstić information content (AvgIpc) is 2.41. The second kappa shape index (κ2) is 6.07. The first-order valence-corrected chi connectivity index (χ1v) is 5.88. The Kier molecular flexibility index (Phi) is 4.17. The van der Waals surface area contributed by atoms with Crippen LogP contribution in [0.3, 0.4) is 0 Å². The first kappa shape index (κ1) is 11.7. The lowest BCUT2D eigenvalue weighted by Crippen LogP contribution is -2.43. The van der Waals surface area contributed by atoms with Gasteiger partial charge in [0, 0.05) is 37.4 Å². The van der Waals surface area contributed by atoms with Crippen molar-refractivity contribution in [2.24, 2.45) is 0 Å². The van der Waals surface area contributed by atoms with E-state index in [1.165, 1.54) is 5.69 Å². The summed E-state index contributed by atoms with van der Waals surface area (Å²) in [5.74, 6) is 5.77. The van der Waals surface area contributed by atoms with E-state index in [9.17, 15) is 4.79 Å². The molecule has 0 bridgehead atoms. The maximum atomic E-state index is 10.1. The Morgan fingerprint density at radius 3 is 2.59 bits per heavy atom. The van der Waals surface area contributed by atoms with Crippen molar-refractivity contribution in [2.75, 3.05) is 31.1 Å². The third-order valence-electron chi connectivity index (χ3n) is 2.77. The van der Waals surface area contributed by atoms with E-state index in [1.54, 1.807) is 0 Å². The van der Waals surface area contributed by atoms with Gasteiger partial charge < -0.3 is 15.0 Å². The Labute approximate surface area is 102 Å². The van der Waals surface area contributed by atoms with Gasteiger partial charge in [-0.25, -0.2) is 0 Å². The van der Waals surface area contributed by atoms with Gasteiger partial charge >= 0.3 is 0 Å². The topological polar surface area (TPSA) is 32.3 Å². The normalized spacial score (nSPS) is 14.9. The Bertz CT molecular complexity index is 422. The molecule has 0 aromatic heterocycles. The molecule has 88 valence electrons. The number of rotatable bonds is 2. The summed E-state index contributed by atoms with van der Waals surface area (Å²) < 4.78 is 0. The fourth-order valence-corrected chi connectivity index (χ4v) is 1.87. The first-order chi connectivity index (χ1) is 8.40. The van der Waals surface area contributed by atoms with Gasteiger partial charge in [-0.15, -0.1) is 0 Å². The molecule has 1 heterocycles. The van der Waals surface area contributed by atoms with Gasteiger partial charge in [0.05, 0.1) is 6.42 Å². The van der Waals surface area contributed by atoms with Gasteiger partial charge in [-0.2, -0.15) is 0 Å². The number of anilines is 1. The summed E-state index contributed by atoms with van der Waals surface area (Å²) in [7, 11) is 0. The molecule has 3 heteroatoms. The van der Waals surface area contributed by atoms with Gasteiger partial charge in [0.15, 0.2) is 0 Å². The molecule has 1 aliphatic rings. The second-order valence-electron chi connectivity index (χ2n) is 3.96. The fraction of sp³-hybridized carbons (Fsp3) is 0.357. The van der Waals surface area contributed by atoms with Gasteiger partial charge in [-0.3, -0.25) is 0 Å². The van der Waals surface area contributed by atoms with E-state index in [1.807, 2.05) is 12.1 Å². The van der Waals surface area contributed by atoms with E-state index < -0.39 is 0 Å². The number of hydrogen-bond donors (Lipinski definition) is 1. The van der Waals surface area contributed by atoms with E-state index in [0.29, 0.717) is 6.42 Å². The molecule has 0 spiro atoms. The smallest absolute Gasteiger partial charge is 0.131 e. The molecule has 0 radical (unpaired) electrons. The summed E-state index contributed by atoms with van der Waals surface area (Å²) in [5, 5.41) is 3.33. The standard InChI is InChI=1S/C14H16N2O/c17-12-2-1-3-13-4-6-14(7-5-13)16-10-8-15-9-11-16/h4-7,12,15H,2,8-11H2. The van der Waals surface area contributed by atoms with Gasteiger partial charge in [0.1, 0.15) is 6.29 Å². The number of hydrogen-bond acceptors (Lipinski definition) is 3. The fourth-order valence-electron chi connectivity index (χ4n) is 1.87. The molecule has 1 aromatic rings. The zero-order chi connectivity index (χ0) is 11.9. The number of carbonyl (C=O) groups excluding carboxylic acids is 1. The number of nitrogens with one attached hydrogen (secondary N) is 1. The Morgan fingerprint density at radius 1 is 1.24 bits per heavy atom. The van der Waals surface area contributed by atoms with E-state index in [4.69, 9.17) is 0 Å². The molecule has 0 unspecified atom stereocenters. The summed E-state index contributed by atoms with van der Waals surface area (Å²) in [5.41, 5.74) is 2.21. The molecule has 1 aromatic carbocycles. The minimum Gasteiger partial charge on any atom is -0.369 e. The summed E-state index contributed by atoms with van der Waals surface area (Å²) in [4.78, 5) is 12.5. The minimum absolute atomic E-state index is 0.305. The van der Waals surface area contributed by atoms with Crippen molar-refractivity contribution in [2.45, 2.75) is 6.42 Å². The molecule has 0 amide bonds. The van der Waals surface area contributed by atoms with Crippen LogP contribution in [0.2, 0.25) is 0 Å². The summed E-state index contributed by atoms with van der Waals surface area (Å²) in [6.45, 7) is 4.19. The van der Waals surface area contributed by atoms with Crippen molar-refractivity contribution in [1.82, 2.24) is 5.32 Å². The Hall–Kier alpha value is -1.79. The zero-order valence-electron chi connectivity index (χ0n) is 9.78. The largest absolute Gasteiger partial charge is 0.369 e. The van der Waals surface area contributed by atoms with Crippen LogP contribution in [0.15, 0.2) is 24.3 Å². The number of carbonyl (C=O) groups is 1. The molecule has 1 N–H and O–H groups in total. The van der Waals surface area contributed by atoms with Crippen LogP contribution in [0.25, 0.3) is 0 Å². The van der Waals surface area contributed by atoms with Crippen molar-refractivity contribution in [3.05, 3.63) is 29.8 Å². The first-order valence-electron chi connectivity index (χ1n) is 5.88. The van der Waals surface area contributed by atoms with Crippen LogP contribution < -0.4 is 10.2 Å². The lowest BCUT2D eigenvalue weighted by molar-refractivity contribution is -0.107. The van der Waals surface area contributed by atoms with Gasteiger partial charge in [-0.05, 0) is 24.3 Å². The van der Waals surface area contributed by atoms with Crippen LogP contribution in [0.4, 0.5) is 5.69 Å². The van der Waals surface area contributed by atoms with E-state index >= 15 is 0 Å². The third kappa shape index (κ3) is 3.33. The van der Waals surface area contributed by atoms with Crippen molar-refractivity contribution in [3.8, 4) is 11.8 Å². The van der Waals surface area contributed by atoms with E-state index in [0.717, 1.165) is 38.0 Å². The molecular formula is C14H16N2O. The predicted molar refractivity (Wildman–Crippen MR) is 69.1 cm³/mol. The van der Waals surface area contributed by atoms with Crippen molar-refractivity contribution < 1.29 is 4.79 Å². The molecule has 3 nitrogen and oxygen atoms in total. The summed E-state index contributed by atoms with van der Waals surface area (Å²) >= 11 is 0. The quantitative estimate of drug-likeness (QED) is 0.606. The van der Waals surface area contributed by atoms with Gasteiger partial charge in [-0.1, -0.05) is 11.8 Å². The average molecular weight is 228 g/mol. The van der Waals surface area contributed by atoms with Crippen LogP contribution in [-0.4, -0.2) is 32.5 Å². The van der Waals surface area contributed by atoms with Gasteiger partial charge in [0.25, 0.3) is 0 Å². The zero-order valence-corrected chi connectivity index (χ0v) is 9.78. The number of benzene rings is 1. The molecule has 0 atom stereocenters. The Balaban J connectivity index is 2.02. The maximum Gasteiger partial charge on any atom is 0.131 e. The molecule has 1 saturated heterocycles. The highest BCUT2D eigenvalue weighted by Gasteiger charge is 2.09. The third-order valence-corrected chi connectivity index (χ3v) is 2.77. The highest BCUT2D eigenvalue weighted by Crippen LogP contribution is 2.15. The highest BCUT2D eigenvalue weighted by molar-refractivity contribution is 5.56. The predicted octanol–water partition coefficient (Wildman–Crippen LogP) is 1.04. The van der Waals surface area contributed by atoms with Crippen molar-refractivity contribution in [1.29, 1.82) is 0 Å². The Morgan fingerprint density at radius 2 is 1.94 bits per heavy atom. The minimum atomic E-state index is 0.305. The lowest BCUT2D eigenvalue weighted by atomic mass is 10.2. The van der Waals surface area contributed by atoms with Crippen LogP contribution >= 0.6 is 0 Å². The molecule has 1 aliphatic heterocycles. The molecule has 2 rings (SSSR count). The molecular weight excluding hydrogens is 212 g/mol. The SMILES string of the molecule is O=CCC#Cc1ccc(N2CCNCC2)cc1. The number of nitrogens with zero attached hydrogens (tertiary/aromatic N) is 1. The molecule has 0 aliphatic carbocycles. The van der Waals surface area contributed by atoms with Crippen molar-refractivity contribution >= 4 is 12.0 Å². The monoisotopic (exact) mass is 228 g/mol. The van der Waals surface area contributed by atoms with Crippen LogP contribution in [0.5, 0.6) is 0 Å². The highest BCUT2D eigenvalue weighted by atomic mass is 16.1. The lowest BCUT2D eigenvalue weighted by Gasteiger charge is -2.29. The van der Waals surface area contributed by atoms with Crippen LogP contribution in [-0.2, 0) is 4.79 Å². The van der Waals surface area contributed by atoms with Crippen LogP contribution in [0.1, 0.15) is 12.0 Å². The number of piperazine rings is 1.